The van der Waals surface area contributed by atoms with Gasteiger partial charge in [0.2, 0.25) is 0 Å². The Morgan fingerprint density at radius 2 is 1.94 bits per heavy atom. The molecule has 0 aliphatic heterocycles. The van der Waals surface area contributed by atoms with Crippen LogP contribution in [-0.2, 0) is 4.79 Å². The molecule has 0 radical (unpaired) electrons. The highest BCUT2D eigenvalue weighted by Crippen LogP contribution is 2.59. The van der Waals surface area contributed by atoms with Crippen LogP contribution in [0.5, 0.6) is 0 Å². The van der Waals surface area contributed by atoms with Crippen molar-refractivity contribution >= 4 is 5.78 Å². The third-order valence-electron chi connectivity index (χ3n) is 9.18. The first kappa shape index (κ1) is 24.7. The lowest BCUT2D eigenvalue weighted by Gasteiger charge is -2.49. The molecule has 0 bridgehead atoms. The molecule has 8 unspecified atom stereocenters. The molecule has 0 heterocycles. The topological polar surface area (TPSA) is 77.8 Å². The minimum absolute atomic E-state index is 0.0855. The molecule has 4 nitrogen and oxygen atoms in total. The number of rotatable bonds is 7. The summed E-state index contributed by atoms with van der Waals surface area (Å²) in [5.41, 5.74) is 1.42. The van der Waals surface area contributed by atoms with Crippen LogP contribution in [0, 0.1) is 34.5 Å². The number of Topliss-reactive ketones (excluding diaryl/α,β-unsaturated/α-hetero) is 1. The Labute approximate surface area is 188 Å². The van der Waals surface area contributed by atoms with Crippen molar-refractivity contribution in [1.29, 1.82) is 0 Å². The van der Waals surface area contributed by atoms with Crippen molar-refractivity contribution in [3.05, 3.63) is 23.3 Å². The molecule has 0 amide bonds. The van der Waals surface area contributed by atoms with Crippen LogP contribution in [0.25, 0.3) is 0 Å². The first-order valence-electron chi connectivity index (χ1n) is 12.4. The lowest BCUT2D eigenvalue weighted by Crippen LogP contribution is -2.52. The summed E-state index contributed by atoms with van der Waals surface area (Å²) in [5.74, 6) is 1.05. The van der Waals surface area contributed by atoms with Gasteiger partial charge in [0.25, 0.3) is 0 Å². The zero-order valence-electron chi connectivity index (χ0n) is 20.2. The van der Waals surface area contributed by atoms with E-state index in [2.05, 4.69) is 33.8 Å². The van der Waals surface area contributed by atoms with E-state index in [1.54, 1.807) is 0 Å². The van der Waals surface area contributed by atoms with E-state index >= 15 is 0 Å². The Morgan fingerprint density at radius 3 is 2.58 bits per heavy atom. The standard InChI is InChI=1S/C27H44O4/c1-17(2)7-6-8-18(3)21-9-10-22(26(21,4)13-14-28)20-16-24(30)23-15-19(29)11-12-27(23,5)25(20)31/h7,16,18-19,21-24,28-30H,6,8-15H2,1-5H3. The molecule has 2 saturated carbocycles. The lowest BCUT2D eigenvalue weighted by molar-refractivity contribution is -0.138. The maximum absolute atomic E-state index is 13.8. The number of aliphatic hydroxyl groups excluding tert-OH is 3. The van der Waals surface area contributed by atoms with E-state index in [9.17, 15) is 20.1 Å². The summed E-state index contributed by atoms with van der Waals surface area (Å²) in [4.78, 5) is 13.8. The molecule has 0 aromatic carbocycles. The third-order valence-corrected chi connectivity index (χ3v) is 9.18. The maximum atomic E-state index is 13.8. The first-order chi connectivity index (χ1) is 14.5. The highest BCUT2D eigenvalue weighted by Gasteiger charge is 2.56. The van der Waals surface area contributed by atoms with Crippen LogP contribution >= 0.6 is 0 Å². The average molecular weight is 433 g/mol. The number of aliphatic hydroxyl groups is 3. The van der Waals surface area contributed by atoms with E-state index < -0.39 is 17.6 Å². The largest absolute Gasteiger partial charge is 0.396 e. The highest BCUT2D eigenvalue weighted by molar-refractivity contribution is 6.01. The summed E-state index contributed by atoms with van der Waals surface area (Å²) in [5, 5.41) is 31.1. The van der Waals surface area contributed by atoms with E-state index in [1.165, 1.54) is 5.57 Å². The minimum atomic E-state index is -0.680. The molecule has 2 fully saturated rings. The van der Waals surface area contributed by atoms with Crippen LogP contribution in [0.15, 0.2) is 23.3 Å². The van der Waals surface area contributed by atoms with E-state index in [1.807, 2.05) is 13.0 Å². The van der Waals surface area contributed by atoms with Crippen molar-refractivity contribution < 1.29 is 20.1 Å². The average Bonchev–Trinajstić information content (AvgIpc) is 3.03. The van der Waals surface area contributed by atoms with Crippen molar-refractivity contribution in [2.24, 2.45) is 34.5 Å². The minimum Gasteiger partial charge on any atom is -0.396 e. The molecule has 3 N–H and O–H groups in total. The second-order valence-corrected chi connectivity index (χ2v) is 11.4. The van der Waals surface area contributed by atoms with Crippen molar-refractivity contribution in [3.8, 4) is 0 Å². The van der Waals surface area contributed by atoms with Gasteiger partial charge in [0.1, 0.15) is 0 Å². The number of ketones is 1. The normalized spacial score (nSPS) is 41.5. The number of hydrogen-bond acceptors (Lipinski definition) is 4. The Morgan fingerprint density at radius 1 is 1.23 bits per heavy atom. The molecule has 0 saturated heterocycles. The number of carbonyl (C=O) groups excluding carboxylic acids is 1. The molecule has 0 aromatic rings. The predicted molar refractivity (Wildman–Crippen MR) is 124 cm³/mol. The molecule has 3 rings (SSSR count). The monoisotopic (exact) mass is 432 g/mol. The summed E-state index contributed by atoms with van der Waals surface area (Å²) >= 11 is 0. The zero-order chi connectivity index (χ0) is 23.0. The SMILES string of the molecule is CC(C)=CCCC(C)C1CCC(C2=CC(O)C3CC(O)CCC3(C)C2=O)C1(C)CCO. The van der Waals surface area contributed by atoms with Gasteiger partial charge in [0, 0.05) is 17.9 Å². The van der Waals surface area contributed by atoms with Gasteiger partial charge in [-0.15, -0.1) is 0 Å². The summed E-state index contributed by atoms with van der Waals surface area (Å²) in [6, 6.07) is 0. The zero-order valence-corrected chi connectivity index (χ0v) is 20.2. The molecule has 3 aliphatic carbocycles. The fraction of sp³-hybridized carbons (Fsp3) is 0.815. The van der Waals surface area contributed by atoms with Crippen molar-refractivity contribution in [3.63, 3.8) is 0 Å². The lowest BCUT2D eigenvalue weighted by atomic mass is 9.55. The van der Waals surface area contributed by atoms with Crippen molar-refractivity contribution in [2.45, 2.75) is 98.2 Å². The van der Waals surface area contributed by atoms with Gasteiger partial charge < -0.3 is 15.3 Å². The first-order valence-corrected chi connectivity index (χ1v) is 12.4. The molecule has 0 spiro atoms. The van der Waals surface area contributed by atoms with Gasteiger partial charge in [-0.05, 0) is 100 Å². The van der Waals surface area contributed by atoms with Crippen LogP contribution in [0.2, 0.25) is 0 Å². The Kier molecular flexibility index (Phi) is 7.55. The summed E-state index contributed by atoms with van der Waals surface area (Å²) in [6.07, 6.45) is 9.67. The van der Waals surface area contributed by atoms with Gasteiger partial charge in [-0.1, -0.05) is 32.4 Å². The van der Waals surface area contributed by atoms with E-state index in [4.69, 9.17) is 0 Å². The van der Waals surface area contributed by atoms with Gasteiger partial charge in [-0.3, -0.25) is 4.79 Å². The van der Waals surface area contributed by atoms with Gasteiger partial charge in [0.05, 0.1) is 12.2 Å². The second kappa shape index (κ2) is 9.49. The number of carbonyl (C=O) groups is 1. The van der Waals surface area contributed by atoms with Gasteiger partial charge >= 0.3 is 0 Å². The van der Waals surface area contributed by atoms with Gasteiger partial charge in [-0.2, -0.15) is 0 Å². The molecule has 4 heteroatoms. The predicted octanol–water partition coefficient (Wildman–Crippen LogP) is 4.82. The van der Waals surface area contributed by atoms with Crippen LogP contribution < -0.4 is 0 Å². The Hall–Kier alpha value is -0.970. The molecule has 176 valence electrons. The van der Waals surface area contributed by atoms with Gasteiger partial charge in [0.15, 0.2) is 5.78 Å². The molecule has 0 aromatic heterocycles. The number of fused-ring (bicyclic) bond motifs is 1. The quantitative estimate of drug-likeness (QED) is 0.504. The second-order valence-electron chi connectivity index (χ2n) is 11.4. The van der Waals surface area contributed by atoms with E-state index in [0.717, 1.165) is 31.3 Å². The van der Waals surface area contributed by atoms with Crippen molar-refractivity contribution in [2.75, 3.05) is 6.61 Å². The smallest absolute Gasteiger partial charge is 0.165 e. The van der Waals surface area contributed by atoms with Crippen molar-refractivity contribution in [1.82, 2.24) is 0 Å². The van der Waals surface area contributed by atoms with Crippen LogP contribution in [0.1, 0.15) is 86.0 Å². The van der Waals surface area contributed by atoms with E-state index in [-0.39, 0.29) is 29.6 Å². The van der Waals surface area contributed by atoms with Crippen LogP contribution in [0.3, 0.4) is 0 Å². The molecule has 31 heavy (non-hydrogen) atoms. The highest BCUT2D eigenvalue weighted by atomic mass is 16.3. The summed E-state index contributed by atoms with van der Waals surface area (Å²) < 4.78 is 0. The molecular formula is C27H44O4. The third kappa shape index (κ3) is 4.58. The number of hydrogen-bond donors (Lipinski definition) is 3. The fourth-order valence-corrected chi connectivity index (χ4v) is 7.25. The molecule has 3 aliphatic rings. The van der Waals surface area contributed by atoms with Crippen LogP contribution in [0.4, 0.5) is 0 Å². The maximum Gasteiger partial charge on any atom is 0.165 e. The summed E-state index contributed by atoms with van der Waals surface area (Å²) in [7, 11) is 0. The van der Waals surface area contributed by atoms with Gasteiger partial charge in [-0.25, -0.2) is 0 Å². The number of allylic oxidation sites excluding steroid dienone is 3. The van der Waals surface area contributed by atoms with E-state index in [0.29, 0.717) is 37.5 Å². The summed E-state index contributed by atoms with van der Waals surface area (Å²) in [6.45, 7) is 11.0. The molecule has 8 atom stereocenters. The fourth-order valence-electron chi connectivity index (χ4n) is 7.25. The Bertz CT molecular complexity index is 721. The molecular weight excluding hydrogens is 388 g/mol. The Balaban J connectivity index is 1.88. The van der Waals surface area contributed by atoms with Crippen LogP contribution in [-0.4, -0.2) is 39.9 Å².